The summed E-state index contributed by atoms with van der Waals surface area (Å²) in [5.41, 5.74) is 3.41. The molecule has 0 unspecified atom stereocenters. The van der Waals surface area contributed by atoms with E-state index in [4.69, 9.17) is 11.6 Å². The second-order valence-electron chi connectivity index (χ2n) is 5.84. The van der Waals surface area contributed by atoms with Gasteiger partial charge in [-0.15, -0.1) is 0 Å². The van der Waals surface area contributed by atoms with Crippen molar-refractivity contribution in [3.63, 3.8) is 0 Å². The highest BCUT2D eigenvalue weighted by Gasteiger charge is 2.14. The second-order valence-corrected chi connectivity index (χ2v) is 6.22. The maximum Gasteiger partial charge on any atom is 0.258 e. The van der Waals surface area contributed by atoms with Crippen molar-refractivity contribution in [1.82, 2.24) is 14.5 Å². The summed E-state index contributed by atoms with van der Waals surface area (Å²) in [6.45, 7) is 3.81. The Labute approximate surface area is 144 Å². The number of aliphatic hydroxyl groups is 1. The molecule has 1 N–H and O–H groups in total. The summed E-state index contributed by atoms with van der Waals surface area (Å²) in [7, 11) is 1.71. The van der Waals surface area contributed by atoms with Crippen molar-refractivity contribution in [1.29, 1.82) is 0 Å². The Hall–Kier alpha value is -2.24. The first-order valence-corrected chi connectivity index (χ1v) is 8.10. The van der Waals surface area contributed by atoms with E-state index in [1.165, 1.54) is 0 Å². The molecule has 0 aliphatic heterocycles. The largest absolute Gasteiger partial charge is 0.387 e. The van der Waals surface area contributed by atoms with Crippen LogP contribution in [0.25, 0.3) is 22.0 Å². The van der Waals surface area contributed by atoms with Gasteiger partial charge in [0.15, 0.2) is 0 Å². The first kappa shape index (κ1) is 16.6. The Kier molecular flexibility index (Phi) is 4.39. The SMILES string of the molecule is CC[C@H](O)c1cc(C)c(-c2cc3cnc(Cl)cc3n(C)c2=O)cn1. The molecule has 0 aliphatic rings. The fraction of sp³-hybridized carbons (Fsp3) is 0.278. The van der Waals surface area contributed by atoms with Crippen molar-refractivity contribution in [2.24, 2.45) is 7.05 Å². The number of hydrogen-bond donors (Lipinski definition) is 1. The number of hydrogen-bond acceptors (Lipinski definition) is 4. The molecule has 3 aromatic heterocycles. The van der Waals surface area contributed by atoms with Crippen molar-refractivity contribution in [3.8, 4) is 11.1 Å². The molecule has 124 valence electrons. The van der Waals surface area contributed by atoms with Crippen molar-refractivity contribution in [2.45, 2.75) is 26.4 Å². The summed E-state index contributed by atoms with van der Waals surface area (Å²) in [4.78, 5) is 21.1. The summed E-state index contributed by atoms with van der Waals surface area (Å²) in [5.74, 6) is 0. The van der Waals surface area contributed by atoms with E-state index in [1.54, 1.807) is 36.1 Å². The Morgan fingerprint density at radius 1 is 1.21 bits per heavy atom. The molecule has 5 nitrogen and oxygen atoms in total. The minimum Gasteiger partial charge on any atom is -0.387 e. The van der Waals surface area contributed by atoms with Crippen LogP contribution in [-0.2, 0) is 7.05 Å². The third-order valence-electron chi connectivity index (χ3n) is 4.23. The van der Waals surface area contributed by atoms with Gasteiger partial charge in [-0.05, 0) is 37.1 Å². The zero-order valence-corrected chi connectivity index (χ0v) is 14.5. The van der Waals surface area contributed by atoms with Crippen LogP contribution in [0.5, 0.6) is 0 Å². The van der Waals surface area contributed by atoms with Gasteiger partial charge < -0.3 is 9.67 Å². The molecular formula is C18H18ClN3O2. The molecule has 3 heterocycles. The molecule has 0 radical (unpaired) electrons. The van der Waals surface area contributed by atoms with E-state index in [-0.39, 0.29) is 5.56 Å². The first-order valence-electron chi connectivity index (χ1n) is 7.72. The molecule has 0 fully saturated rings. The van der Waals surface area contributed by atoms with Crippen LogP contribution in [0.2, 0.25) is 5.15 Å². The zero-order chi connectivity index (χ0) is 17.4. The molecule has 0 aromatic carbocycles. The molecule has 6 heteroatoms. The van der Waals surface area contributed by atoms with Crippen LogP contribution < -0.4 is 5.56 Å². The predicted molar refractivity (Wildman–Crippen MR) is 95.2 cm³/mol. The topological polar surface area (TPSA) is 68.0 Å². The summed E-state index contributed by atoms with van der Waals surface area (Å²) in [5, 5.41) is 11.1. The number of aliphatic hydroxyl groups excluding tert-OH is 1. The molecule has 0 bridgehead atoms. The lowest BCUT2D eigenvalue weighted by Crippen LogP contribution is -2.19. The van der Waals surface area contributed by atoms with Gasteiger partial charge in [0, 0.05) is 36.0 Å². The number of nitrogens with zero attached hydrogens (tertiary/aromatic N) is 3. The average Bonchev–Trinajstić information content (AvgIpc) is 2.58. The predicted octanol–water partition coefficient (Wildman–Crippen LogP) is 3.40. The monoisotopic (exact) mass is 343 g/mol. The van der Waals surface area contributed by atoms with E-state index in [1.807, 2.05) is 19.9 Å². The highest BCUT2D eigenvalue weighted by atomic mass is 35.5. The van der Waals surface area contributed by atoms with Crippen LogP contribution >= 0.6 is 11.6 Å². The molecule has 0 saturated heterocycles. The van der Waals surface area contributed by atoms with Gasteiger partial charge in [-0.2, -0.15) is 0 Å². The van der Waals surface area contributed by atoms with Crippen molar-refractivity contribution in [3.05, 3.63) is 57.4 Å². The van der Waals surface area contributed by atoms with Crippen LogP contribution in [0.4, 0.5) is 0 Å². The highest BCUT2D eigenvalue weighted by molar-refractivity contribution is 6.30. The maximum atomic E-state index is 12.7. The third kappa shape index (κ3) is 2.81. The van der Waals surface area contributed by atoms with Crippen LogP contribution in [0.3, 0.4) is 0 Å². The molecule has 3 aromatic rings. The van der Waals surface area contributed by atoms with Gasteiger partial charge in [0.05, 0.1) is 17.3 Å². The van der Waals surface area contributed by atoms with E-state index in [2.05, 4.69) is 9.97 Å². The van der Waals surface area contributed by atoms with Gasteiger partial charge >= 0.3 is 0 Å². The second kappa shape index (κ2) is 6.34. The average molecular weight is 344 g/mol. The first-order chi connectivity index (χ1) is 11.4. The lowest BCUT2D eigenvalue weighted by atomic mass is 10.0. The Morgan fingerprint density at radius 2 is 1.96 bits per heavy atom. The van der Waals surface area contributed by atoms with E-state index >= 15 is 0 Å². The maximum absolute atomic E-state index is 12.7. The Bertz CT molecular complexity index is 982. The Morgan fingerprint density at radius 3 is 2.62 bits per heavy atom. The molecule has 0 aliphatic carbocycles. The van der Waals surface area contributed by atoms with Crippen molar-refractivity contribution in [2.75, 3.05) is 0 Å². The number of pyridine rings is 3. The summed E-state index contributed by atoms with van der Waals surface area (Å²) >= 11 is 5.93. The normalized spacial score (nSPS) is 12.5. The third-order valence-corrected chi connectivity index (χ3v) is 4.43. The number of fused-ring (bicyclic) bond motifs is 1. The van der Waals surface area contributed by atoms with Crippen molar-refractivity contribution < 1.29 is 5.11 Å². The van der Waals surface area contributed by atoms with Crippen molar-refractivity contribution >= 4 is 22.5 Å². The van der Waals surface area contributed by atoms with E-state index < -0.39 is 6.10 Å². The minimum absolute atomic E-state index is 0.126. The lowest BCUT2D eigenvalue weighted by molar-refractivity contribution is 0.169. The lowest BCUT2D eigenvalue weighted by Gasteiger charge is -2.13. The minimum atomic E-state index is -0.594. The fourth-order valence-corrected chi connectivity index (χ4v) is 2.94. The van der Waals surface area contributed by atoms with Gasteiger partial charge in [0.1, 0.15) is 5.15 Å². The molecule has 3 rings (SSSR count). The summed E-state index contributed by atoms with van der Waals surface area (Å²) in [6.07, 6.45) is 3.30. The van der Waals surface area contributed by atoms with Gasteiger partial charge in [0.2, 0.25) is 0 Å². The zero-order valence-electron chi connectivity index (χ0n) is 13.7. The molecular weight excluding hydrogens is 326 g/mol. The molecule has 0 amide bonds. The summed E-state index contributed by atoms with van der Waals surface area (Å²) in [6, 6.07) is 5.31. The number of aryl methyl sites for hydroxylation is 2. The molecule has 1 atom stereocenters. The molecule has 24 heavy (non-hydrogen) atoms. The summed E-state index contributed by atoms with van der Waals surface area (Å²) < 4.78 is 1.56. The molecule has 0 spiro atoms. The van der Waals surface area contributed by atoms with Crippen LogP contribution in [0.1, 0.15) is 30.7 Å². The van der Waals surface area contributed by atoms with Gasteiger partial charge in [-0.25, -0.2) is 4.98 Å². The van der Waals surface area contributed by atoms with E-state index in [9.17, 15) is 9.90 Å². The van der Waals surface area contributed by atoms with E-state index in [0.717, 1.165) is 22.0 Å². The number of halogens is 1. The highest BCUT2D eigenvalue weighted by Crippen LogP contribution is 2.26. The van der Waals surface area contributed by atoms with Crippen LogP contribution in [0.15, 0.2) is 35.4 Å². The molecule has 0 saturated carbocycles. The Balaban J connectivity index is 2.21. The van der Waals surface area contributed by atoms with Gasteiger partial charge in [-0.3, -0.25) is 9.78 Å². The quantitative estimate of drug-likeness (QED) is 0.740. The smallest absolute Gasteiger partial charge is 0.258 e. The standard InChI is InChI=1S/C18H18ClN3O2/c1-4-16(23)14-5-10(2)13(9-20-14)12-6-11-8-21-17(19)7-15(11)22(3)18(12)24/h5-9,16,23H,4H2,1-3H3/t16-/m0/s1. The fourth-order valence-electron chi connectivity index (χ4n) is 2.78. The van der Waals surface area contributed by atoms with Gasteiger partial charge in [-0.1, -0.05) is 18.5 Å². The number of rotatable bonds is 3. The van der Waals surface area contributed by atoms with Gasteiger partial charge in [0.25, 0.3) is 5.56 Å². The van der Waals surface area contributed by atoms with Crippen LogP contribution in [-0.4, -0.2) is 19.6 Å². The van der Waals surface area contributed by atoms with Crippen LogP contribution in [0, 0.1) is 6.92 Å². The van der Waals surface area contributed by atoms with E-state index in [0.29, 0.717) is 22.8 Å². The number of aromatic nitrogens is 3.